The van der Waals surface area contributed by atoms with E-state index in [-0.39, 0.29) is 24.0 Å². The number of aliphatic imine (C=N–C) groups is 1. The quantitative estimate of drug-likeness (QED) is 0.195. The molecule has 28 heavy (non-hydrogen) atoms. The van der Waals surface area contributed by atoms with Crippen molar-refractivity contribution in [2.24, 2.45) is 10.9 Å². The summed E-state index contributed by atoms with van der Waals surface area (Å²) in [6, 6.07) is 3.81. The van der Waals surface area contributed by atoms with E-state index in [4.69, 9.17) is 9.15 Å². The molecule has 162 valence electrons. The first-order valence-electron chi connectivity index (χ1n) is 10.6. The van der Waals surface area contributed by atoms with Crippen molar-refractivity contribution in [1.29, 1.82) is 0 Å². The van der Waals surface area contributed by atoms with Crippen molar-refractivity contribution in [1.82, 2.24) is 15.5 Å². The van der Waals surface area contributed by atoms with Gasteiger partial charge in [-0.05, 0) is 70.2 Å². The highest BCUT2D eigenvalue weighted by Gasteiger charge is 2.15. The summed E-state index contributed by atoms with van der Waals surface area (Å²) in [6.07, 6.45) is 7.77. The summed E-state index contributed by atoms with van der Waals surface area (Å²) in [7, 11) is 0. The number of rotatable bonds is 12. The van der Waals surface area contributed by atoms with E-state index in [0.29, 0.717) is 13.2 Å². The van der Waals surface area contributed by atoms with Gasteiger partial charge in [0.25, 0.3) is 0 Å². The van der Waals surface area contributed by atoms with Crippen molar-refractivity contribution in [2.75, 3.05) is 45.9 Å². The van der Waals surface area contributed by atoms with Gasteiger partial charge < -0.3 is 24.7 Å². The van der Waals surface area contributed by atoms with Crippen LogP contribution in [0.2, 0.25) is 0 Å². The molecule has 1 fully saturated rings. The summed E-state index contributed by atoms with van der Waals surface area (Å²) in [5, 5.41) is 6.76. The zero-order valence-electron chi connectivity index (χ0n) is 17.6. The van der Waals surface area contributed by atoms with Crippen LogP contribution in [0.1, 0.15) is 51.7 Å². The highest BCUT2D eigenvalue weighted by Crippen LogP contribution is 2.15. The lowest BCUT2D eigenvalue weighted by molar-refractivity contribution is 0.105. The molecule has 0 bridgehead atoms. The van der Waals surface area contributed by atoms with E-state index in [1.165, 1.54) is 45.3 Å². The SMILES string of the molecule is CCNC(=NCCCOCc1ccco1)NCCCCN1CCCC(C)C1.I. The monoisotopic (exact) mass is 506 g/mol. The highest BCUT2D eigenvalue weighted by atomic mass is 127. The van der Waals surface area contributed by atoms with Crippen molar-refractivity contribution in [3.63, 3.8) is 0 Å². The van der Waals surface area contributed by atoms with Gasteiger partial charge in [0.1, 0.15) is 12.4 Å². The van der Waals surface area contributed by atoms with Crippen molar-refractivity contribution in [3.8, 4) is 0 Å². The number of likely N-dealkylation sites (tertiary alicyclic amines) is 1. The molecule has 1 unspecified atom stereocenters. The minimum Gasteiger partial charge on any atom is -0.467 e. The first-order valence-corrected chi connectivity index (χ1v) is 10.6. The summed E-state index contributed by atoms with van der Waals surface area (Å²) in [4.78, 5) is 7.25. The van der Waals surface area contributed by atoms with Crippen molar-refractivity contribution in [3.05, 3.63) is 24.2 Å². The third-order valence-corrected chi connectivity index (χ3v) is 4.82. The number of halogens is 1. The van der Waals surface area contributed by atoms with E-state index < -0.39 is 0 Å². The van der Waals surface area contributed by atoms with Gasteiger partial charge in [-0.1, -0.05) is 6.92 Å². The topological polar surface area (TPSA) is 62.0 Å². The van der Waals surface area contributed by atoms with Crippen LogP contribution in [0.3, 0.4) is 0 Å². The Labute approximate surface area is 187 Å². The molecular formula is C21H39IN4O2. The standard InChI is InChI=1S/C21H38N4O2.HI/c1-3-22-21(24-12-8-15-26-18-20-10-7-16-27-20)23-11-4-5-13-25-14-6-9-19(2)17-25;/h7,10,16,19H,3-6,8-9,11-15,17-18H2,1-2H3,(H2,22,23,24);1H. The van der Waals surface area contributed by atoms with Crippen LogP contribution in [0.25, 0.3) is 0 Å². The number of hydrogen-bond acceptors (Lipinski definition) is 4. The molecule has 0 spiro atoms. The molecule has 1 atom stereocenters. The third-order valence-electron chi connectivity index (χ3n) is 4.82. The summed E-state index contributed by atoms with van der Waals surface area (Å²) in [5.41, 5.74) is 0. The number of piperidine rings is 1. The zero-order chi connectivity index (χ0) is 19.2. The number of unbranched alkanes of at least 4 members (excludes halogenated alkanes) is 1. The normalized spacial score (nSPS) is 17.9. The van der Waals surface area contributed by atoms with Gasteiger partial charge >= 0.3 is 0 Å². The largest absolute Gasteiger partial charge is 0.467 e. The third kappa shape index (κ3) is 11.3. The minimum absolute atomic E-state index is 0. The summed E-state index contributed by atoms with van der Waals surface area (Å²) in [6.45, 7) is 12.1. The van der Waals surface area contributed by atoms with E-state index in [1.54, 1.807) is 6.26 Å². The van der Waals surface area contributed by atoms with Crippen LogP contribution in [0.4, 0.5) is 0 Å². The fourth-order valence-electron chi connectivity index (χ4n) is 3.42. The van der Waals surface area contributed by atoms with Gasteiger partial charge in [-0.2, -0.15) is 0 Å². The number of nitrogens with one attached hydrogen (secondary N) is 2. The van der Waals surface area contributed by atoms with Gasteiger partial charge in [0.2, 0.25) is 0 Å². The maximum Gasteiger partial charge on any atom is 0.191 e. The average Bonchev–Trinajstić information content (AvgIpc) is 3.17. The Morgan fingerprint density at radius 2 is 2.21 bits per heavy atom. The Morgan fingerprint density at radius 1 is 1.32 bits per heavy atom. The molecule has 1 aliphatic rings. The van der Waals surface area contributed by atoms with E-state index in [0.717, 1.165) is 43.7 Å². The molecule has 0 aliphatic carbocycles. The lowest BCUT2D eigenvalue weighted by atomic mass is 10.0. The molecule has 2 N–H and O–H groups in total. The summed E-state index contributed by atoms with van der Waals surface area (Å²) in [5.74, 6) is 2.65. The van der Waals surface area contributed by atoms with Gasteiger partial charge in [-0.3, -0.25) is 4.99 Å². The van der Waals surface area contributed by atoms with Crippen LogP contribution in [0, 0.1) is 5.92 Å². The molecule has 7 heteroatoms. The Bertz CT molecular complexity index is 511. The Kier molecular flexibility index (Phi) is 14.5. The number of guanidine groups is 1. The van der Waals surface area contributed by atoms with Gasteiger partial charge in [-0.25, -0.2) is 0 Å². The molecule has 0 aromatic carbocycles. The molecule has 1 saturated heterocycles. The molecule has 6 nitrogen and oxygen atoms in total. The average molecular weight is 506 g/mol. The van der Waals surface area contributed by atoms with Crippen molar-refractivity contribution in [2.45, 2.75) is 52.6 Å². The van der Waals surface area contributed by atoms with E-state index in [9.17, 15) is 0 Å². The van der Waals surface area contributed by atoms with Gasteiger partial charge in [0, 0.05) is 32.8 Å². The molecule has 2 rings (SSSR count). The van der Waals surface area contributed by atoms with Crippen molar-refractivity contribution < 1.29 is 9.15 Å². The van der Waals surface area contributed by atoms with Gasteiger partial charge in [-0.15, -0.1) is 24.0 Å². The molecule has 1 aliphatic heterocycles. The maximum atomic E-state index is 5.59. The predicted octanol–water partition coefficient (Wildman–Crippen LogP) is 3.87. The number of nitrogens with zero attached hydrogens (tertiary/aromatic N) is 2. The van der Waals surface area contributed by atoms with E-state index >= 15 is 0 Å². The second kappa shape index (κ2) is 16.0. The highest BCUT2D eigenvalue weighted by molar-refractivity contribution is 14.0. The van der Waals surface area contributed by atoms with Crippen LogP contribution in [-0.2, 0) is 11.3 Å². The molecule has 0 radical (unpaired) electrons. The van der Waals surface area contributed by atoms with Crippen LogP contribution in [0.15, 0.2) is 27.8 Å². The van der Waals surface area contributed by atoms with Gasteiger partial charge in [0.15, 0.2) is 5.96 Å². The minimum atomic E-state index is 0. The first-order chi connectivity index (χ1) is 13.3. The molecule has 0 amide bonds. The van der Waals surface area contributed by atoms with Crippen LogP contribution >= 0.6 is 24.0 Å². The zero-order valence-corrected chi connectivity index (χ0v) is 20.0. The molecular weight excluding hydrogens is 467 g/mol. The Balaban J connectivity index is 0.00000392. The Morgan fingerprint density at radius 3 is 2.96 bits per heavy atom. The van der Waals surface area contributed by atoms with Gasteiger partial charge in [0.05, 0.1) is 6.26 Å². The van der Waals surface area contributed by atoms with E-state index in [2.05, 4.69) is 34.4 Å². The number of ether oxygens (including phenoxy) is 1. The summed E-state index contributed by atoms with van der Waals surface area (Å²) >= 11 is 0. The molecule has 2 heterocycles. The number of hydrogen-bond donors (Lipinski definition) is 2. The lowest BCUT2D eigenvalue weighted by Crippen LogP contribution is -2.38. The second-order valence-electron chi connectivity index (χ2n) is 7.43. The predicted molar refractivity (Wildman–Crippen MR) is 126 cm³/mol. The maximum absolute atomic E-state index is 5.59. The first kappa shape index (κ1) is 25.2. The smallest absolute Gasteiger partial charge is 0.191 e. The fourth-order valence-corrected chi connectivity index (χ4v) is 3.42. The molecule has 1 aromatic rings. The van der Waals surface area contributed by atoms with Crippen LogP contribution in [0.5, 0.6) is 0 Å². The van der Waals surface area contributed by atoms with Crippen LogP contribution < -0.4 is 10.6 Å². The second-order valence-corrected chi connectivity index (χ2v) is 7.43. The lowest BCUT2D eigenvalue weighted by Gasteiger charge is -2.30. The van der Waals surface area contributed by atoms with Crippen LogP contribution in [-0.4, -0.2) is 56.7 Å². The van der Waals surface area contributed by atoms with Crippen molar-refractivity contribution >= 4 is 29.9 Å². The molecule has 0 saturated carbocycles. The Hall–Kier alpha value is -0.800. The fraction of sp³-hybridized carbons (Fsp3) is 0.762. The molecule has 1 aromatic heterocycles. The van der Waals surface area contributed by atoms with E-state index in [1.807, 2.05) is 12.1 Å². The number of furan rings is 1. The summed E-state index contributed by atoms with van der Waals surface area (Å²) < 4.78 is 10.8.